The van der Waals surface area contributed by atoms with Crippen molar-refractivity contribution in [1.29, 1.82) is 0 Å². The van der Waals surface area contributed by atoms with Crippen LogP contribution < -0.4 is 10.6 Å². The Bertz CT molecular complexity index is 1290. The number of alkyl carbamates (subject to hydrolysis) is 1. The van der Waals surface area contributed by atoms with E-state index < -0.39 is 29.6 Å². The van der Waals surface area contributed by atoms with Crippen LogP contribution in [0.25, 0.3) is 10.6 Å². The number of benzene rings is 1. The molecular formula is C25H26F3N5O3S. The maximum Gasteiger partial charge on any atom is 0.433 e. The van der Waals surface area contributed by atoms with Gasteiger partial charge in [0.15, 0.2) is 0 Å². The molecule has 2 aromatic heterocycles. The Morgan fingerprint density at radius 2 is 1.97 bits per heavy atom. The Kier molecular flexibility index (Phi) is 7.49. The van der Waals surface area contributed by atoms with Gasteiger partial charge in [0, 0.05) is 29.9 Å². The zero-order chi connectivity index (χ0) is 26.8. The van der Waals surface area contributed by atoms with E-state index in [-0.39, 0.29) is 12.3 Å². The van der Waals surface area contributed by atoms with Crippen LogP contribution in [0.5, 0.6) is 0 Å². The van der Waals surface area contributed by atoms with Crippen LogP contribution in [0.1, 0.15) is 49.0 Å². The molecule has 0 fully saturated rings. The number of amides is 2. The fraction of sp³-hybridized carbons (Fsp3) is 0.400. The number of hydrogen-bond donors (Lipinski definition) is 2. The van der Waals surface area contributed by atoms with E-state index in [0.29, 0.717) is 29.8 Å². The van der Waals surface area contributed by atoms with E-state index >= 15 is 0 Å². The lowest BCUT2D eigenvalue weighted by molar-refractivity contribution is -0.141. The molecule has 12 heteroatoms. The molecule has 0 saturated carbocycles. The SMILES string of the molecule is CC(C)(C)OC(=O)NC(CCc1nnc(-c2ccc3c(c2)CC(=O)N3)s1)Cc1ccc(C(F)(F)F)nc1. The minimum absolute atomic E-state index is 0.0446. The number of hydrogen-bond acceptors (Lipinski definition) is 7. The van der Waals surface area contributed by atoms with Gasteiger partial charge in [-0.15, -0.1) is 10.2 Å². The van der Waals surface area contributed by atoms with E-state index in [0.717, 1.165) is 27.9 Å². The van der Waals surface area contributed by atoms with Crippen molar-refractivity contribution in [3.8, 4) is 10.6 Å². The van der Waals surface area contributed by atoms with E-state index in [2.05, 4.69) is 25.8 Å². The van der Waals surface area contributed by atoms with E-state index in [4.69, 9.17) is 4.74 Å². The third kappa shape index (κ3) is 7.25. The van der Waals surface area contributed by atoms with Crippen molar-refractivity contribution in [1.82, 2.24) is 20.5 Å². The molecule has 1 aliphatic rings. The third-order valence-corrected chi connectivity index (χ3v) is 6.50. The van der Waals surface area contributed by atoms with Crippen molar-refractivity contribution in [2.75, 3.05) is 5.32 Å². The van der Waals surface area contributed by atoms with Gasteiger partial charge >= 0.3 is 12.3 Å². The summed E-state index contributed by atoms with van der Waals surface area (Å²) in [6, 6.07) is 7.49. The second-order valence-corrected chi connectivity index (χ2v) is 10.8. The number of pyridine rings is 1. The number of nitrogens with one attached hydrogen (secondary N) is 2. The van der Waals surface area contributed by atoms with Crippen LogP contribution in [-0.4, -0.2) is 38.8 Å². The Balaban J connectivity index is 1.44. The summed E-state index contributed by atoms with van der Waals surface area (Å²) in [4.78, 5) is 27.5. The van der Waals surface area contributed by atoms with Crippen molar-refractivity contribution in [2.45, 2.75) is 64.3 Å². The van der Waals surface area contributed by atoms with Crippen LogP contribution in [0, 0.1) is 0 Å². The zero-order valence-electron chi connectivity index (χ0n) is 20.5. The Labute approximate surface area is 215 Å². The number of carbonyl (C=O) groups excluding carboxylic acids is 2. The highest BCUT2D eigenvalue weighted by Gasteiger charge is 2.32. The van der Waals surface area contributed by atoms with Gasteiger partial charge in [-0.25, -0.2) is 4.79 Å². The molecule has 0 aliphatic carbocycles. The standard InChI is InChI=1S/C25H26F3N5O3S/c1-24(2,3)36-23(35)30-17(10-14-4-8-19(29-13-14)25(26,27)28)6-9-21-32-33-22(37-21)15-5-7-18-16(11-15)12-20(34)31-18/h4-5,7-8,11,13,17H,6,9-10,12H2,1-3H3,(H,30,35)(H,31,34). The molecule has 3 aromatic rings. The van der Waals surface area contributed by atoms with Crippen molar-refractivity contribution in [3.05, 3.63) is 58.4 Å². The summed E-state index contributed by atoms with van der Waals surface area (Å²) in [6.45, 7) is 5.24. The summed E-state index contributed by atoms with van der Waals surface area (Å²) in [7, 11) is 0. The molecule has 37 heavy (non-hydrogen) atoms. The molecule has 0 bridgehead atoms. The lowest BCUT2D eigenvalue weighted by Crippen LogP contribution is -2.40. The number of anilines is 1. The molecule has 196 valence electrons. The Morgan fingerprint density at radius 1 is 1.19 bits per heavy atom. The highest BCUT2D eigenvalue weighted by Crippen LogP contribution is 2.31. The normalized spacial score (nSPS) is 14.2. The van der Waals surface area contributed by atoms with Gasteiger partial charge in [-0.3, -0.25) is 9.78 Å². The van der Waals surface area contributed by atoms with Gasteiger partial charge in [0.25, 0.3) is 0 Å². The molecule has 1 unspecified atom stereocenters. The van der Waals surface area contributed by atoms with E-state index in [1.54, 1.807) is 20.8 Å². The molecule has 4 rings (SSSR count). The molecule has 0 radical (unpaired) electrons. The predicted molar refractivity (Wildman–Crippen MR) is 132 cm³/mol. The first-order chi connectivity index (χ1) is 17.4. The number of rotatable bonds is 7. The minimum Gasteiger partial charge on any atom is -0.444 e. The van der Waals surface area contributed by atoms with Crippen LogP contribution in [0.2, 0.25) is 0 Å². The molecule has 3 heterocycles. The minimum atomic E-state index is -4.52. The topological polar surface area (TPSA) is 106 Å². The molecule has 1 atom stereocenters. The molecule has 0 saturated heterocycles. The van der Waals surface area contributed by atoms with Crippen LogP contribution in [0.4, 0.5) is 23.7 Å². The molecule has 8 nitrogen and oxygen atoms in total. The van der Waals surface area contributed by atoms with E-state index in [9.17, 15) is 22.8 Å². The quantitative estimate of drug-likeness (QED) is 0.434. The molecule has 1 aliphatic heterocycles. The summed E-state index contributed by atoms with van der Waals surface area (Å²) in [6.07, 6.45) is -2.44. The van der Waals surface area contributed by atoms with Crippen LogP contribution in [0.3, 0.4) is 0 Å². The summed E-state index contributed by atoms with van der Waals surface area (Å²) in [5.41, 5.74) is 1.44. The number of aryl methyl sites for hydroxylation is 1. The van der Waals surface area contributed by atoms with Crippen molar-refractivity contribution >= 4 is 29.0 Å². The highest BCUT2D eigenvalue weighted by atomic mass is 32.1. The molecule has 2 amide bonds. The number of halogens is 3. The largest absolute Gasteiger partial charge is 0.444 e. The lowest BCUT2D eigenvalue weighted by Gasteiger charge is -2.23. The summed E-state index contributed by atoms with van der Waals surface area (Å²) < 4.78 is 43.9. The molecule has 0 spiro atoms. The first-order valence-corrected chi connectivity index (χ1v) is 12.4. The number of alkyl halides is 3. The maximum atomic E-state index is 12.9. The van der Waals surface area contributed by atoms with Crippen molar-refractivity contribution in [3.63, 3.8) is 0 Å². The lowest BCUT2D eigenvalue weighted by atomic mass is 10.0. The summed E-state index contributed by atoms with van der Waals surface area (Å²) in [5.74, 6) is -0.0446. The third-order valence-electron chi connectivity index (χ3n) is 5.47. The highest BCUT2D eigenvalue weighted by molar-refractivity contribution is 7.14. The predicted octanol–water partition coefficient (Wildman–Crippen LogP) is 5.18. The van der Waals surface area contributed by atoms with Crippen molar-refractivity contribution in [2.24, 2.45) is 0 Å². The number of aromatic nitrogens is 3. The second-order valence-electron chi connectivity index (χ2n) is 9.73. The number of ether oxygens (including phenoxy) is 1. The first-order valence-electron chi connectivity index (χ1n) is 11.6. The molecule has 1 aromatic carbocycles. The Hall–Kier alpha value is -3.54. The van der Waals surface area contributed by atoms with Gasteiger partial charge in [-0.05, 0) is 69.0 Å². The number of nitrogens with zero attached hydrogens (tertiary/aromatic N) is 3. The smallest absolute Gasteiger partial charge is 0.433 e. The van der Waals surface area contributed by atoms with Crippen LogP contribution >= 0.6 is 11.3 Å². The second kappa shape index (κ2) is 10.4. The Morgan fingerprint density at radius 3 is 2.65 bits per heavy atom. The average Bonchev–Trinajstić information content (AvgIpc) is 3.41. The van der Waals surface area contributed by atoms with Gasteiger partial charge in [0.1, 0.15) is 21.3 Å². The molecular weight excluding hydrogens is 507 g/mol. The van der Waals surface area contributed by atoms with Crippen LogP contribution in [0.15, 0.2) is 36.5 Å². The van der Waals surface area contributed by atoms with E-state index in [1.807, 2.05) is 18.2 Å². The zero-order valence-corrected chi connectivity index (χ0v) is 21.3. The number of carbonyl (C=O) groups is 2. The fourth-order valence-corrected chi connectivity index (χ4v) is 4.68. The van der Waals surface area contributed by atoms with Crippen LogP contribution in [-0.2, 0) is 35.0 Å². The summed E-state index contributed by atoms with van der Waals surface area (Å²) in [5, 5.41) is 15.6. The monoisotopic (exact) mass is 533 g/mol. The molecule has 2 N–H and O–H groups in total. The van der Waals surface area contributed by atoms with Gasteiger partial charge in [-0.1, -0.05) is 17.4 Å². The fourth-order valence-electron chi connectivity index (χ4n) is 3.83. The van der Waals surface area contributed by atoms with E-state index in [1.165, 1.54) is 23.6 Å². The first kappa shape index (κ1) is 26.5. The average molecular weight is 534 g/mol. The van der Waals surface area contributed by atoms with Crippen molar-refractivity contribution < 1.29 is 27.5 Å². The summed E-state index contributed by atoms with van der Waals surface area (Å²) >= 11 is 1.41. The van der Waals surface area contributed by atoms with Gasteiger partial charge < -0.3 is 15.4 Å². The maximum absolute atomic E-state index is 12.9. The van der Waals surface area contributed by atoms with Gasteiger partial charge in [0.2, 0.25) is 5.91 Å². The van der Waals surface area contributed by atoms with Gasteiger partial charge in [-0.2, -0.15) is 13.2 Å². The van der Waals surface area contributed by atoms with Gasteiger partial charge in [0.05, 0.1) is 6.42 Å². The number of fused-ring (bicyclic) bond motifs is 1.